The van der Waals surface area contributed by atoms with E-state index in [2.05, 4.69) is 83.4 Å². The van der Waals surface area contributed by atoms with Gasteiger partial charge in [0.05, 0.1) is 5.54 Å². The number of aryl methyl sites for hydroxylation is 3. The zero-order chi connectivity index (χ0) is 23.3. The molecule has 4 aromatic rings. The second-order valence-electron chi connectivity index (χ2n) is 10.0. The summed E-state index contributed by atoms with van der Waals surface area (Å²) in [6.45, 7) is 11.2. The van der Waals surface area contributed by atoms with Crippen LogP contribution in [0, 0.1) is 13.8 Å². The summed E-state index contributed by atoms with van der Waals surface area (Å²) >= 11 is 0. The quantitative estimate of drug-likeness (QED) is 0.508. The first kappa shape index (κ1) is 21.4. The van der Waals surface area contributed by atoms with Gasteiger partial charge >= 0.3 is 0 Å². The van der Waals surface area contributed by atoms with Gasteiger partial charge in [0.2, 0.25) is 0 Å². The zero-order valence-corrected chi connectivity index (χ0v) is 19.9. The third kappa shape index (κ3) is 3.71. The molecule has 5 rings (SSSR count). The highest BCUT2D eigenvalue weighted by Gasteiger charge is 2.35. The lowest BCUT2D eigenvalue weighted by Crippen LogP contribution is -2.40. The SMILES string of the molecule is Cc1cc(C)c2cc([C@H](c3nnnn3C(C)(C)C)N3CCCc4ccccc43)c(=O)[nH]c2c1. The molecule has 0 fully saturated rings. The number of aromatic amines is 1. The van der Waals surface area contributed by atoms with Crippen LogP contribution in [0.25, 0.3) is 10.9 Å². The monoisotopic (exact) mass is 442 g/mol. The Morgan fingerprint density at radius 2 is 1.88 bits per heavy atom. The van der Waals surface area contributed by atoms with E-state index in [-0.39, 0.29) is 11.1 Å². The van der Waals surface area contributed by atoms with Crippen LogP contribution < -0.4 is 10.5 Å². The largest absolute Gasteiger partial charge is 0.357 e. The molecule has 7 nitrogen and oxygen atoms in total. The molecule has 0 amide bonds. The van der Waals surface area contributed by atoms with E-state index in [0.717, 1.165) is 47.1 Å². The van der Waals surface area contributed by atoms with Gasteiger partial charge in [0.15, 0.2) is 5.82 Å². The van der Waals surface area contributed by atoms with Crippen LogP contribution in [0.15, 0.2) is 47.3 Å². The lowest BCUT2D eigenvalue weighted by molar-refractivity contribution is 0.329. The van der Waals surface area contributed by atoms with Gasteiger partial charge in [0, 0.05) is 28.7 Å². The van der Waals surface area contributed by atoms with Crippen molar-refractivity contribution in [1.29, 1.82) is 0 Å². The molecule has 2 aromatic carbocycles. The zero-order valence-electron chi connectivity index (χ0n) is 19.9. The minimum atomic E-state index is -0.408. The van der Waals surface area contributed by atoms with E-state index in [1.807, 2.05) is 23.7 Å². The molecule has 0 radical (unpaired) electrons. The van der Waals surface area contributed by atoms with Gasteiger partial charge in [-0.15, -0.1) is 5.10 Å². The summed E-state index contributed by atoms with van der Waals surface area (Å²) in [5, 5.41) is 13.9. The molecule has 7 heteroatoms. The molecule has 2 aromatic heterocycles. The van der Waals surface area contributed by atoms with Crippen molar-refractivity contribution in [2.24, 2.45) is 0 Å². The molecular weight excluding hydrogens is 412 g/mol. The van der Waals surface area contributed by atoms with Gasteiger partial charge in [0.1, 0.15) is 6.04 Å². The summed E-state index contributed by atoms with van der Waals surface area (Å²) in [7, 11) is 0. The molecule has 0 bridgehead atoms. The number of pyridine rings is 1. The minimum Gasteiger partial charge on any atom is -0.357 e. The maximum Gasteiger partial charge on any atom is 0.254 e. The van der Waals surface area contributed by atoms with E-state index in [1.165, 1.54) is 5.56 Å². The molecule has 1 aliphatic rings. The number of anilines is 1. The summed E-state index contributed by atoms with van der Waals surface area (Å²) in [5.41, 5.74) is 5.76. The van der Waals surface area contributed by atoms with Gasteiger partial charge in [-0.05, 0) is 92.8 Å². The molecule has 0 aliphatic carbocycles. The normalized spacial score (nSPS) is 15.0. The second kappa shape index (κ2) is 7.83. The number of hydrogen-bond acceptors (Lipinski definition) is 5. The van der Waals surface area contributed by atoms with E-state index in [0.29, 0.717) is 11.4 Å². The van der Waals surface area contributed by atoms with Crippen molar-refractivity contribution in [3.63, 3.8) is 0 Å². The number of tetrazole rings is 1. The summed E-state index contributed by atoms with van der Waals surface area (Å²) < 4.78 is 1.85. The molecule has 1 aliphatic heterocycles. The fourth-order valence-corrected chi connectivity index (χ4v) is 5.01. The van der Waals surface area contributed by atoms with E-state index in [1.54, 1.807) is 0 Å². The molecular formula is C26H30N6O. The number of H-pyrrole nitrogens is 1. The first-order chi connectivity index (χ1) is 15.7. The molecule has 0 saturated carbocycles. The molecule has 0 spiro atoms. The first-order valence-corrected chi connectivity index (χ1v) is 11.5. The van der Waals surface area contributed by atoms with Crippen molar-refractivity contribution in [2.75, 3.05) is 11.4 Å². The summed E-state index contributed by atoms with van der Waals surface area (Å²) in [5.74, 6) is 0.675. The molecule has 170 valence electrons. The molecule has 1 atom stereocenters. The molecule has 1 N–H and O–H groups in total. The fourth-order valence-electron chi connectivity index (χ4n) is 5.01. The fraction of sp³-hybridized carbons (Fsp3) is 0.385. The highest BCUT2D eigenvalue weighted by molar-refractivity contribution is 5.83. The number of aromatic nitrogens is 5. The topological polar surface area (TPSA) is 79.7 Å². The standard InChI is InChI=1S/C26H30N6O/c1-16-13-17(2)19-15-20(25(33)27-21(19)14-16)23(24-28-29-30-32(24)26(3,4)5)31-12-8-10-18-9-6-7-11-22(18)31/h6-7,9,11,13-15,23H,8,10,12H2,1-5H3,(H,27,33)/t23-/m1/s1. The Labute approximate surface area is 193 Å². The maximum absolute atomic E-state index is 13.5. The number of nitrogens with one attached hydrogen (secondary N) is 1. The Bertz CT molecular complexity index is 1390. The predicted octanol–water partition coefficient (Wildman–Crippen LogP) is 4.43. The molecule has 3 heterocycles. The number of fused-ring (bicyclic) bond motifs is 2. The first-order valence-electron chi connectivity index (χ1n) is 11.5. The molecule has 0 saturated heterocycles. The van der Waals surface area contributed by atoms with Crippen molar-refractivity contribution in [3.8, 4) is 0 Å². The molecule has 0 unspecified atom stereocenters. The van der Waals surface area contributed by atoms with Crippen LogP contribution >= 0.6 is 0 Å². The Morgan fingerprint density at radius 1 is 1.09 bits per heavy atom. The Kier molecular flexibility index (Phi) is 5.07. The van der Waals surface area contributed by atoms with Crippen LogP contribution in [0.1, 0.15) is 61.3 Å². The van der Waals surface area contributed by atoms with Crippen LogP contribution in [-0.2, 0) is 12.0 Å². The van der Waals surface area contributed by atoms with Crippen molar-refractivity contribution in [3.05, 3.63) is 80.9 Å². The third-order valence-corrected chi connectivity index (χ3v) is 6.47. The van der Waals surface area contributed by atoms with Gasteiger partial charge in [-0.25, -0.2) is 4.68 Å². The van der Waals surface area contributed by atoms with Crippen LogP contribution in [0.3, 0.4) is 0 Å². The van der Waals surface area contributed by atoms with Crippen molar-refractivity contribution in [1.82, 2.24) is 25.2 Å². The summed E-state index contributed by atoms with van der Waals surface area (Å²) in [6, 6.07) is 14.2. The smallest absolute Gasteiger partial charge is 0.254 e. The van der Waals surface area contributed by atoms with E-state index < -0.39 is 6.04 Å². The highest BCUT2D eigenvalue weighted by atomic mass is 16.1. The van der Waals surface area contributed by atoms with Crippen molar-refractivity contribution in [2.45, 2.75) is 59.0 Å². The average Bonchev–Trinajstić information content (AvgIpc) is 3.25. The van der Waals surface area contributed by atoms with Crippen LogP contribution in [-0.4, -0.2) is 31.7 Å². The van der Waals surface area contributed by atoms with Crippen LogP contribution in [0.5, 0.6) is 0 Å². The van der Waals surface area contributed by atoms with Crippen LogP contribution in [0.4, 0.5) is 5.69 Å². The van der Waals surface area contributed by atoms with E-state index >= 15 is 0 Å². The predicted molar refractivity (Wildman–Crippen MR) is 131 cm³/mol. The van der Waals surface area contributed by atoms with Crippen molar-refractivity contribution >= 4 is 16.6 Å². The Hall–Kier alpha value is -3.48. The number of benzene rings is 2. The lowest BCUT2D eigenvalue weighted by Gasteiger charge is -2.38. The molecule has 33 heavy (non-hydrogen) atoms. The summed E-state index contributed by atoms with van der Waals surface area (Å²) in [6.07, 6.45) is 2.03. The third-order valence-electron chi connectivity index (χ3n) is 6.47. The minimum absolute atomic E-state index is 0.107. The highest BCUT2D eigenvalue weighted by Crippen LogP contribution is 2.37. The van der Waals surface area contributed by atoms with Gasteiger partial charge in [-0.3, -0.25) is 4.79 Å². The summed E-state index contributed by atoms with van der Waals surface area (Å²) in [4.78, 5) is 19.0. The Balaban J connectivity index is 1.79. The Morgan fingerprint density at radius 3 is 2.67 bits per heavy atom. The lowest BCUT2D eigenvalue weighted by atomic mass is 9.95. The van der Waals surface area contributed by atoms with Gasteiger partial charge < -0.3 is 9.88 Å². The van der Waals surface area contributed by atoms with Gasteiger partial charge in [-0.1, -0.05) is 24.3 Å². The number of hydrogen-bond donors (Lipinski definition) is 1. The maximum atomic E-state index is 13.5. The van der Waals surface area contributed by atoms with Gasteiger partial charge in [0.25, 0.3) is 5.56 Å². The number of nitrogens with zero attached hydrogens (tertiary/aromatic N) is 5. The number of rotatable bonds is 3. The average molecular weight is 443 g/mol. The van der Waals surface area contributed by atoms with Gasteiger partial charge in [-0.2, -0.15) is 0 Å². The second-order valence-corrected chi connectivity index (χ2v) is 10.0. The number of para-hydroxylation sites is 1. The van der Waals surface area contributed by atoms with Crippen molar-refractivity contribution < 1.29 is 0 Å². The van der Waals surface area contributed by atoms with E-state index in [9.17, 15) is 4.79 Å². The van der Waals surface area contributed by atoms with E-state index in [4.69, 9.17) is 0 Å². The van der Waals surface area contributed by atoms with Crippen LogP contribution in [0.2, 0.25) is 0 Å².